The number of ether oxygens (including phenoxy) is 1. The molecular formula is C50H72N6OS7. The van der Waals surface area contributed by atoms with Gasteiger partial charge in [-0.05, 0) is 60.6 Å². The van der Waals surface area contributed by atoms with Crippen molar-refractivity contribution in [1.29, 1.82) is 0 Å². The van der Waals surface area contributed by atoms with Crippen molar-refractivity contribution in [1.82, 2.24) is 29.3 Å². The summed E-state index contributed by atoms with van der Waals surface area (Å²) in [4.78, 5) is 1.43. The van der Waals surface area contributed by atoms with Crippen molar-refractivity contribution < 1.29 is 4.74 Å². The molecule has 350 valence electrons. The molecule has 0 amide bonds. The van der Waals surface area contributed by atoms with E-state index in [4.69, 9.17) is 4.74 Å². The minimum absolute atomic E-state index is 0.293. The smallest absolute Gasteiger partial charge is 0.273 e. The number of nitrogens with zero attached hydrogens (tertiary/aromatic N) is 6. The van der Waals surface area contributed by atoms with E-state index in [1.807, 2.05) is 86.1 Å². The standard InChI is InChI=1S/C50H72N6OS7/c1-4-6-8-10-12-14-16-18-20-22-37-58-46-47(59-38-23-21-19-17-15-13-11-9-7-5-2)64-49(63-46)48-61-42(3)45(62-48)60-40-44-29-27-43(28-30-44)39-57-41-50(54-34-24-31-51-54,55-35-25-32-52-55)56-36-26-33-53-56/h24-36H,4-23,37-41H2,1-3H3. The second kappa shape index (κ2) is 30.1. The van der Waals surface area contributed by atoms with E-state index in [2.05, 4.69) is 107 Å². The van der Waals surface area contributed by atoms with Crippen LogP contribution in [-0.4, -0.2) is 47.5 Å². The van der Waals surface area contributed by atoms with Gasteiger partial charge in [-0.1, -0.05) is 201 Å². The highest BCUT2D eigenvalue weighted by Crippen LogP contribution is 2.65. The van der Waals surface area contributed by atoms with E-state index < -0.39 is 5.79 Å². The van der Waals surface area contributed by atoms with E-state index in [1.54, 1.807) is 27.1 Å². The zero-order valence-electron chi connectivity index (χ0n) is 38.6. The molecule has 0 saturated carbocycles. The summed E-state index contributed by atoms with van der Waals surface area (Å²) in [5.41, 5.74) is 2.45. The van der Waals surface area contributed by atoms with Gasteiger partial charge in [0.25, 0.3) is 5.79 Å². The van der Waals surface area contributed by atoms with Gasteiger partial charge in [0, 0.05) is 47.8 Å². The predicted molar refractivity (Wildman–Crippen MR) is 289 cm³/mol. The lowest BCUT2D eigenvalue weighted by molar-refractivity contribution is -0.0174. The molecule has 2 aliphatic rings. The monoisotopic (exact) mass is 996 g/mol. The molecule has 0 spiro atoms. The normalized spacial score (nSPS) is 14.6. The molecule has 1 aromatic carbocycles. The molecule has 0 saturated heterocycles. The van der Waals surface area contributed by atoms with Gasteiger partial charge in [0.1, 0.15) is 6.61 Å². The van der Waals surface area contributed by atoms with Crippen molar-refractivity contribution in [3.05, 3.63) is 117 Å². The number of rotatable bonds is 34. The fourth-order valence-corrected chi connectivity index (χ4v) is 18.1. The molecule has 14 heteroatoms. The van der Waals surface area contributed by atoms with E-state index in [0.29, 0.717) is 13.2 Å². The van der Waals surface area contributed by atoms with Gasteiger partial charge in [0.05, 0.1) is 27.8 Å². The number of benzene rings is 1. The summed E-state index contributed by atoms with van der Waals surface area (Å²) in [6.45, 7) is 7.68. The minimum atomic E-state index is -0.908. The van der Waals surface area contributed by atoms with Crippen molar-refractivity contribution in [2.75, 3.05) is 18.1 Å². The van der Waals surface area contributed by atoms with E-state index in [-0.39, 0.29) is 0 Å². The molecule has 0 aliphatic carbocycles. The molecule has 0 N–H and O–H groups in total. The highest BCUT2D eigenvalue weighted by atomic mass is 32.3. The first-order valence-corrected chi connectivity index (χ1v) is 30.3. The molecule has 0 bridgehead atoms. The highest BCUT2D eigenvalue weighted by Gasteiger charge is 2.39. The quantitative estimate of drug-likeness (QED) is 0.0421. The van der Waals surface area contributed by atoms with Gasteiger partial charge in [-0.25, -0.2) is 14.0 Å². The number of hydrogen-bond donors (Lipinski definition) is 0. The topological polar surface area (TPSA) is 62.7 Å². The van der Waals surface area contributed by atoms with Gasteiger partial charge in [0.2, 0.25) is 0 Å². The molecule has 3 aromatic heterocycles. The summed E-state index contributed by atoms with van der Waals surface area (Å²) in [6, 6.07) is 14.6. The zero-order chi connectivity index (χ0) is 44.5. The van der Waals surface area contributed by atoms with Crippen LogP contribution in [0.25, 0.3) is 0 Å². The average Bonchev–Trinajstić information content (AvgIpc) is 4.18. The molecule has 4 aromatic rings. The lowest BCUT2D eigenvalue weighted by atomic mass is 10.1. The Kier molecular flexibility index (Phi) is 24.4. The zero-order valence-corrected chi connectivity index (χ0v) is 44.3. The maximum atomic E-state index is 6.43. The van der Waals surface area contributed by atoms with Crippen molar-refractivity contribution in [2.24, 2.45) is 0 Å². The molecular weight excluding hydrogens is 925 g/mol. The Morgan fingerprint density at radius 3 is 1.34 bits per heavy atom. The van der Waals surface area contributed by atoms with Crippen LogP contribution >= 0.6 is 82.3 Å². The largest absolute Gasteiger partial charge is 0.370 e. The molecule has 0 radical (unpaired) electrons. The van der Waals surface area contributed by atoms with E-state index in [0.717, 1.165) is 11.3 Å². The second-order valence-electron chi connectivity index (χ2n) is 16.7. The summed E-state index contributed by atoms with van der Waals surface area (Å²) in [5, 5.41) is 13.8. The average molecular weight is 998 g/mol. The number of allylic oxidation sites excluding steroid dienone is 1. The number of aromatic nitrogens is 6. The van der Waals surface area contributed by atoms with Crippen molar-refractivity contribution in [3.63, 3.8) is 0 Å². The maximum Gasteiger partial charge on any atom is 0.273 e. The van der Waals surface area contributed by atoms with Crippen molar-refractivity contribution in [3.8, 4) is 0 Å². The minimum Gasteiger partial charge on any atom is -0.370 e. The molecule has 2 aliphatic heterocycles. The predicted octanol–water partition coefficient (Wildman–Crippen LogP) is 17.1. The summed E-state index contributed by atoms with van der Waals surface area (Å²) in [7, 11) is 0. The Balaban J connectivity index is 0.956. The van der Waals surface area contributed by atoms with E-state index in [1.165, 1.54) is 163 Å². The first-order valence-electron chi connectivity index (χ1n) is 24.1. The Morgan fingerprint density at radius 2 is 0.906 bits per heavy atom. The van der Waals surface area contributed by atoms with Gasteiger partial charge in [-0.15, -0.1) is 35.3 Å². The fraction of sp³-hybridized carbons (Fsp3) is 0.580. The molecule has 64 heavy (non-hydrogen) atoms. The fourth-order valence-electron chi connectivity index (χ4n) is 7.76. The summed E-state index contributed by atoms with van der Waals surface area (Å²) >= 11 is 14.4. The third kappa shape index (κ3) is 16.6. The molecule has 0 atom stereocenters. The van der Waals surface area contributed by atoms with Crippen LogP contribution in [0.4, 0.5) is 0 Å². The lowest BCUT2D eigenvalue weighted by Gasteiger charge is -2.34. The van der Waals surface area contributed by atoms with Crippen LogP contribution < -0.4 is 0 Å². The van der Waals surface area contributed by atoms with Crippen LogP contribution in [0.1, 0.15) is 160 Å². The van der Waals surface area contributed by atoms with Gasteiger partial charge < -0.3 is 4.74 Å². The van der Waals surface area contributed by atoms with Crippen molar-refractivity contribution >= 4 is 82.3 Å². The molecule has 0 fully saturated rings. The highest BCUT2D eigenvalue weighted by molar-refractivity contribution is 8.43. The summed E-state index contributed by atoms with van der Waals surface area (Å²) in [6.07, 6.45) is 39.0. The molecule has 6 rings (SSSR count). The van der Waals surface area contributed by atoms with Crippen LogP contribution in [0.5, 0.6) is 0 Å². The van der Waals surface area contributed by atoms with Crippen LogP contribution in [0.3, 0.4) is 0 Å². The van der Waals surface area contributed by atoms with Crippen LogP contribution in [0, 0.1) is 0 Å². The first kappa shape index (κ1) is 51.9. The first-order chi connectivity index (χ1) is 31.6. The van der Waals surface area contributed by atoms with E-state index >= 15 is 0 Å². The Hall–Kier alpha value is -1.52. The Morgan fingerprint density at radius 1 is 0.500 bits per heavy atom. The molecule has 7 nitrogen and oxygen atoms in total. The van der Waals surface area contributed by atoms with Gasteiger partial charge in [-0.2, -0.15) is 15.3 Å². The van der Waals surface area contributed by atoms with Crippen molar-refractivity contribution in [2.45, 2.75) is 167 Å². The molecule has 5 heterocycles. The van der Waals surface area contributed by atoms with Crippen LogP contribution in [0.15, 0.2) is 106 Å². The lowest BCUT2D eigenvalue weighted by Crippen LogP contribution is -2.52. The SMILES string of the molecule is CCCCCCCCCCCCSC1=C(SCCCCCCCCCCCC)SC(=C2SC(C)=C(SCc3ccc(COCC(n4cccn4)(n4cccn4)n4cccn4)cc3)S2)S1. The number of unbranched alkanes of at least 4 members (excludes halogenated alkanes) is 18. The Bertz CT molecular complexity index is 1840. The van der Waals surface area contributed by atoms with Gasteiger partial charge in [-0.3, -0.25) is 0 Å². The van der Waals surface area contributed by atoms with E-state index in [9.17, 15) is 0 Å². The third-order valence-electron chi connectivity index (χ3n) is 11.5. The summed E-state index contributed by atoms with van der Waals surface area (Å²) < 4.78 is 19.5. The summed E-state index contributed by atoms with van der Waals surface area (Å²) in [5.74, 6) is 2.53. The maximum absolute atomic E-state index is 6.43. The van der Waals surface area contributed by atoms with Gasteiger partial charge >= 0.3 is 0 Å². The number of thioether (sulfide) groups is 7. The van der Waals surface area contributed by atoms with Crippen LogP contribution in [-0.2, 0) is 22.9 Å². The second-order valence-corrected chi connectivity index (χ2v) is 25.5. The van der Waals surface area contributed by atoms with Gasteiger partial charge in [0.15, 0.2) is 0 Å². The molecule has 0 unspecified atom stereocenters. The third-order valence-corrected chi connectivity index (χ3v) is 21.9. The number of hydrogen-bond acceptors (Lipinski definition) is 11. The Labute approximate surface area is 415 Å². The van der Waals surface area contributed by atoms with Crippen LogP contribution in [0.2, 0.25) is 0 Å².